The van der Waals surface area contributed by atoms with Gasteiger partial charge in [0, 0.05) is 19.5 Å². The van der Waals surface area contributed by atoms with Crippen molar-refractivity contribution in [3.8, 4) is 0 Å². The Bertz CT molecular complexity index is 453. The zero-order valence-corrected chi connectivity index (χ0v) is 12.2. The van der Waals surface area contributed by atoms with Crippen LogP contribution in [0.2, 0.25) is 0 Å². The van der Waals surface area contributed by atoms with Gasteiger partial charge in [-0.05, 0) is 27.7 Å². The lowest BCUT2D eigenvalue weighted by Crippen LogP contribution is -2.60. The highest BCUT2D eigenvalue weighted by Crippen LogP contribution is 2.29. The predicted octanol–water partition coefficient (Wildman–Crippen LogP) is 0.632. The van der Waals surface area contributed by atoms with Crippen LogP contribution in [0.15, 0.2) is 5.16 Å². The van der Waals surface area contributed by atoms with E-state index in [0.29, 0.717) is 13.1 Å². The highest BCUT2D eigenvalue weighted by atomic mass is 16.6. The van der Waals surface area contributed by atoms with Gasteiger partial charge in [-0.25, -0.2) is 4.79 Å². The Morgan fingerprint density at radius 3 is 2.25 bits per heavy atom. The van der Waals surface area contributed by atoms with Gasteiger partial charge in [-0.3, -0.25) is 4.79 Å². The van der Waals surface area contributed by atoms with E-state index in [0.717, 1.165) is 0 Å². The molecule has 2 rings (SSSR count). The molecule has 20 heavy (non-hydrogen) atoms. The van der Waals surface area contributed by atoms with E-state index in [-0.39, 0.29) is 18.0 Å². The van der Waals surface area contributed by atoms with Crippen LogP contribution in [0.1, 0.15) is 34.1 Å². The number of rotatable bonds is 2. The Kier molecular flexibility index (Phi) is 3.49. The Morgan fingerprint density at radius 1 is 1.25 bits per heavy atom. The molecule has 1 N–H and O–H groups in total. The maximum absolute atomic E-state index is 12.4. The largest absolute Gasteiger partial charge is 0.477 e. The van der Waals surface area contributed by atoms with Crippen LogP contribution in [0.5, 0.6) is 0 Å². The number of carbonyl (C=O) groups is 2. The average Bonchev–Trinajstić information content (AvgIpc) is 2.72. The Balaban J connectivity index is 2.05. The minimum absolute atomic E-state index is 0.00633. The fraction of sp³-hybridized carbons (Fsp3) is 0.769. The Morgan fingerprint density at radius 2 is 1.80 bits per heavy atom. The molecule has 0 bridgehead atoms. The molecule has 0 aromatic rings. The van der Waals surface area contributed by atoms with Crippen LogP contribution in [-0.4, -0.2) is 58.0 Å². The van der Waals surface area contributed by atoms with Gasteiger partial charge in [-0.1, -0.05) is 5.16 Å². The first-order chi connectivity index (χ1) is 9.10. The molecule has 0 spiro atoms. The fourth-order valence-corrected chi connectivity index (χ4v) is 2.78. The summed E-state index contributed by atoms with van der Waals surface area (Å²) < 4.78 is 5.91. The van der Waals surface area contributed by atoms with Crippen molar-refractivity contribution in [2.45, 2.75) is 51.4 Å². The number of amides is 1. The number of morpholine rings is 1. The van der Waals surface area contributed by atoms with Gasteiger partial charge in [0.15, 0.2) is 5.71 Å². The van der Waals surface area contributed by atoms with Crippen LogP contribution < -0.4 is 0 Å². The van der Waals surface area contributed by atoms with Crippen molar-refractivity contribution >= 4 is 17.6 Å². The number of nitrogens with zero attached hydrogens (tertiary/aromatic N) is 2. The molecule has 112 valence electrons. The first-order valence-corrected chi connectivity index (χ1v) is 6.55. The minimum atomic E-state index is -1.15. The first-order valence-electron chi connectivity index (χ1n) is 6.55. The standard InChI is InChI=1S/C13H20N2O5/c1-12(2)6-15(7-13(3,4)20-12)10(16)9-5-8(11(17)18)14-19-9/h9H,5-7H2,1-4H3,(H,17,18). The minimum Gasteiger partial charge on any atom is -0.477 e. The van der Waals surface area contributed by atoms with Gasteiger partial charge >= 0.3 is 5.97 Å². The molecule has 1 atom stereocenters. The maximum Gasteiger partial charge on any atom is 0.353 e. The summed E-state index contributed by atoms with van der Waals surface area (Å²) in [5.41, 5.74) is -1.02. The van der Waals surface area contributed by atoms with Crippen LogP contribution in [0.4, 0.5) is 0 Å². The van der Waals surface area contributed by atoms with Crippen molar-refractivity contribution in [2.75, 3.05) is 13.1 Å². The summed E-state index contributed by atoms with van der Waals surface area (Å²) in [5.74, 6) is -1.39. The van der Waals surface area contributed by atoms with Gasteiger partial charge in [0.2, 0.25) is 6.10 Å². The second-order valence-electron chi connectivity index (χ2n) is 6.46. The van der Waals surface area contributed by atoms with Gasteiger partial charge in [-0.2, -0.15) is 0 Å². The van der Waals surface area contributed by atoms with E-state index in [9.17, 15) is 9.59 Å². The third-order valence-electron chi connectivity index (χ3n) is 3.20. The van der Waals surface area contributed by atoms with Crippen molar-refractivity contribution in [1.82, 2.24) is 4.90 Å². The molecule has 2 aliphatic heterocycles. The molecule has 2 aliphatic rings. The van der Waals surface area contributed by atoms with E-state index in [4.69, 9.17) is 14.7 Å². The number of carboxylic acids is 1. The second kappa shape index (κ2) is 4.73. The summed E-state index contributed by atoms with van der Waals surface area (Å²) in [7, 11) is 0. The summed E-state index contributed by atoms with van der Waals surface area (Å²) in [6.45, 7) is 8.56. The summed E-state index contributed by atoms with van der Waals surface area (Å²) >= 11 is 0. The molecule has 1 unspecified atom stereocenters. The van der Waals surface area contributed by atoms with Crippen molar-refractivity contribution in [3.05, 3.63) is 0 Å². The number of hydrogen-bond donors (Lipinski definition) is 1. The highest BCUT2D eigenvalue weighted by molar-refractivity contribution is 6.36. The van der Waals surface area contributed by atoms with E-state index >= 15 is 0 Å². The van der Waals surface area contributed by atoms with Crippen LogP contribution in [0, 0.1) is 0 Å². The number of carboxylic acid groups (broad SMARTS) is 1. The lowest BCUT2D eigenvalue weighted by atomic mass is 9.98. The van der Waals surface area contributed by atoms with Crippen molar-refractivity contribution in [2.24, 2.45) is 5.16 Å². The molecular formula is C13H20N2O5. The number of carbonyl (C=O) groups excluding carboxylic acids is 1. The highest BCUT2D eigenvalue weighted by Gasteiger charge is 2.43. The number of hydrogen-bond acceptors (Lipinski definition) is 5. The maximum atomic E-state index is 12.4. The van der Waals surface area contributed by atoms with Gasteiger partial charge in [0.25, 0.3) is 5.91 Å². The smallest absolute Gasteiger partial charge is 0.353 e. The average molecular weight is 284 g/mol. The van der Waals surface area contributed by atoms with Gasteiger partial charge in [0.05, 0.1) is 11.2 Å². The molecule has 7 nitrogen and oxygen atoms in total. The SMILES string of the molecule is CC1(C)CN(C(=O)C2CC(C(=O)O)=NO2)CC(C)(C)O1. The van der Waals surface area contributed by atoms with E-state index in [1.165, 1.54) is 0 Å². The normalized spacial score (nSPS) is 27.7. The molecule has 1 fully saturated rings. The fourth-order valence-electron chi connectivity index (χ4n) is 2.78. The molecule has 1 saturated heterocycles. The van der Waals surface area contributed by atoms with E-state index in [1.807, 2.05) is 27.7 Å². The second-order valence-corrected chi connectivity index (χ2v) is 6.46. The van der Waals surface area contributed by atoms with E-state index in [2.05, 4.69) is 5.16 Å². The van der Waals surface area contributed by atoms with Crippen molar-refractivity contribution < 1.29 is 24.3 Å². The van der Waals surface area contributed by atoms with E-state index < -0.39 is 23.3 Å². The quantitative estimate of drug-likeness (QED) is 0.803. The molecule has 0 aliphatic carbocycles. The molecule has 2 heterocycles. The molecule has 0 radical (unpaired) electrons. The zero-order chi connectivity index (χ0) is 15.1. The van der Waals surface area contributed by atoms with Crippen molar-refractivity contribution in [3.63, 3.8) is 0 Å². The number of aliphatic carboxylic acids is 1. The predicted molar refractivity (Wildman–Crippen MR) is 70.4 cm³/mol. The molecule has 0 saturated carbocycles. The van der Waals surface area contributed by atoms with Gasteiger partial charge in [0.1, 0.15) is 0 Å². The summed E-state index contributed by atoms with van der Waals surface area (Å²) in [6, 6.07) is 0. The lowest BCUT2D eigenvalue weighted by molar-refractivity contribution is -0.192. The first kappa shape index (κ1) is 14.8. The van der Waals surface area contributed by atoms with Gasteiger partial charge in [-0.15, -0.1) is 0 Å². The van der Waals surface area contributed by atoms with Crippen LogP contribution in [0.3, 0.4) is 0 Å². The van der Waals surface area contributed by atoms with Crippen LogP contribution in [0.25, 0.3) is 0 Å². The molecule has 7 heteroatoms. The number of oxime groups is 1. The molecule has 0 aromatic heterocycles. The van der Waals surface area contributed by atoms with Gasteiger partial charge < -0.3 is 19.6 Å². The summed E-state index contributed by atoms with van der Waals surface area (Å²) in [5, 5.41) is 12.3. The Hall–Kier alpha value is -1.63. The Labute approximate surface area is 117 Å². The summed E-state index contributed by atoms with van der Waals surface area (Å²) in [4.78, 5) is 29.8. The zero-order valence-electron chi connectivity index (χ0n) is 12.2. The van der Waals surface area contributed by atoms with E-state index in [1.54, 1.807) is 4.90 Å². The molecular weight excluding hydrogens is 264 g/mol. The van der Waals surface area contributed by atoms with Crippen LogP contribution >= 0.6 is 0 Å². The molecule has 1 amide bonds. The van der Waals surface area contributed by atoms with Crippen molar-refractivity contribution in [1.29, 1.82) is 0 Å². The monoisotopic (exact) mass is 284 g/mol. The summed E-state index contributed by atoms with van der Waals surface area (Å²) in [6.07, 6.45) is -0.836. The number of ether oxygens (including phenoxy) is 1. The topological polar surface area (TPSA) is 88.4 Å². The third kappa shape index (κ3) is 3.09. The lowest BCUT2D eigenvalue weighted by Gasteiger charge is -2.47. The van der Waals surface area contributed by atoms with Crippen LogP contribution in [-0.2, 0) is 19.2 Å². The third-order valence-corrected chi connectivity index (χ3v) is 3.20. The molecule has 0 aromatic carbocycles.